The van der Waals surface area contributed by atoms with Crippen LogP contribution in [0.5, 0.6) is 0 Å². The number of nitrogens with one attached hydrogen (secondary N) is 1. The molecule has 5 nitrogen and oxygen atoms in total. The molecule has 2 amide bonds. The Bertz CT molecular complexity index is 868. The van der Waals surface area contributed by atoms with Crippen LogP contribution in [-0.4, -0.2) is 43.4 Å². The fourth-order valence-electron chi connectivity index (χ4n) is 4.07. The smallest absolute Gasteiger partial charge is 0.248 e. The summed E-state index contributed by atoms with van der Waals surface area (Å²) >= 11 is 0. The van der Waals surface area contributed by atoms with Gasteiger partial charge >= 0.3 is 0 Å². The van der Waals surface area contributed by atoms with Gasteiger partial charge in [-0.3, -0.25) is 9.59 Å². The summed E-state index contributed by atoms with van der Waals surface area (Å²) in [4.78, 5) is 26.4. The van der Waals surface area contributed by atoms with Gasteiger partial charge in [0, 0.05) is 24.6 Å². The van der Waals surface area contributed by atoms with E-state index in [9.17, 15) is 9.59 Å². The maximum Gasteiger partial charge on any atom is 0.248 e. The average Bonchev–Trinajstić information content (AvgIpc) is 2.70. The largest absolute Gasteiger partial charge is 0.366 e. The van der Waals surface area contributed by atoms with E-state index >= 15 is 0 Å². The highest BCUT2D eigenvalue weighted by molar-refractivity contribution is 5.93. The number of rotatable bonds is 10. The lowest BCUT2D eigenvalue weighted by atomic mass is 9.85. The van der Waals surface area contributed by atoms with Gasteiger partial charge in [0.2, 0.25) is 11.8 Å². The van der Waals surface area contributed by atoms with Crippen LogP contribution in [0.3, 0.4) is 0 Å². The number of carbonyl (C=O) groups is 2. The lowest BCUT2D eigenvalue weighted by Gasteiger charge is -2.27. The molecule has 0 aliphatic carbocycles. The molecule has 31 heavy (non-hydrogen) atoms. The summed E-state index contributed by atoms with van der Waals surface area (Å²) in [7, 11) is 4.06. The van der Waals surface area contributed by atoms with Crippen LogP contribution in [-0.2, 0) is 11.2 Å². The van der Waals surface area contributed by atoms with Gasteiger partial charge in [0.15, 0.2) is 0 Å². The number of benzene rings is 2. The number of amides is 2. The first-order chi connectivity index (χ1) is 14.6. The SMILES string of the molecule is Cc1cc(C(N)=O)cc(C)c1C[C@@H](CNC(=O)C[C@H](c1ccccc1)C(C)C)N(C)C. The second-order valence-corrected chi connectivity index (χ2v) is 9.04. The molecule has 168 valence electrons. The zero-order valence-electron chi connectivity index (χ0n) is 19.7. The van der Waals surface area contributed by atoms with Crippen molar-refractivity contribution < 1.29 is 9.59 Å². The quantitative estimate of drug-likeness (QED) is 0.610. The topological polar surface area (TPSA) is 75.4 Å². The monoisotopic (exact) mass is 423 g/mol. The molecule has 2 aromatic rings. The fraction of sp³-hybridized carbons (Fsp3) is 0.462. The highest BCUT2D eigenvalue weighted by Gasteiger charge is 2.21. The second kappa shape index (κ2) is 11.1. The summed E-state index contributed by atoms with van der Waals surface area (Å²) < 4.78 is 0. The number of nitrogens with zero attached hydrogens (tertiary/aromatic N) is 1. The second-order valence-electron chi connectivity index (χ2n) is 9.04. The molecular weight excluding hydrogens is 386 g/mol. The third kappa shape index (κ3) is 6.93. The minimum Gasteiger partial charge on any atom is -0.366 e. The Morgan fingerprint density at radius 2 is 1.61 bits per heavy atom. The number of primary amides is 1. The Morgan fingerprint density at radius 1 is 1.03 bits per heavy atom. The first-order valence-electron chi connectivity index (χ1n) is 11.0. The Morgan fingerprint density at radius 3 is 2.10 bits per heavy atom. The lowest BCUT2D eigenvalue weighted by molar-refractivity contribution is -0.121. The molecule has 0 fully saturated rings. The number of aryl methyl sites for hydroxylation is 2. The highest BCUT2D eigenvalue weighted by Crippen LogP contribution is 2.27. The Kier molecular flexibility index (Phi) is 8.81. The molecule has 2 aromatic carbocycles. The maximum absolute atomic E-state index is 12.8. The van der Waals surface area contributed by atoms with Crippen molar-refractivity contribution in [3.05, 3.63) is 70.3 Å². The predicted octanol–water partition coefficient (Wildman–Crippen LogP) is 3.82. The van der Waals surface area contributed by atoms with Gasteiger partial charge in [0.05, 0.1) is 0 Å². The molecular formula is C26H37N3O2. The van der Waals surface area contributed by atoms with Gasteiger partial charge in [0.25, 0.3) is 0 Å². The Balaban J connectivity index is 2.06. The van der Waals surface area contributed by atoms with Gasteiger partial charge in [-0.2, -0.15) is 0 Å². The molecule has 2 atom stereocenters. The lowest BCUT2D eigenvalue weighted by Crippen LogP contribution is -2.42. The molecule has 0 heterocycles. The van der Waals surface area contributed by atoms with E-state index in [0.29, 0.717) is 24.4 Å². The van der Waals surface area contributed by atoms with E-state index in [1.807, 2.05) is 58.3 Å². The van der Waals surface area contributed by atoms with Crippen LogP contribution in [0.1, 0.15) is 58.8 Å². The van der Waals surface area contributed by atoms with Crippen LogP contribution in [0.25, 0.3) is 0 Å². The summed E-state index contributed by atoms with van der Waals surface area (Å²) in [6.07, 6.45) is 1.27. The fourth-order valence-corrected chi connectivity index (χ4v) is 4.07. The molecule has 0 aromatic heterocycles. The van der Waals surface area contributed by atoms with Gasteiger partial charge in [-0.1, -0.05) is 44.2 Å². The van der Waals surface area contributed by atoms with Gasteiger partial charge in [-0.15, -0.1) is 0 Å². The van der Waals surface area contributed by atoms with Crippen molar-refractivity contribution in [2.75, 3.05) is 20.6 Å². The van der Waals surface area contributed by atoms with Crippen molar-refractivity contribution in [1.29, 1.82) is 0 Å². The van der Waals surface area contributed by atoms with Crippen molar-refractivity contribution in [3.8, 4) is 0 Å². The maximum atomic E-state index is 12.8. The van der Waals surface area contributed by atoms with Gasteiger partial charge in [-0.25, -0.2) is 0 Å². The zero-order chi connectivity index (χ0) is 23.1. The molecule has 0 radical (unpaired) electrons. The number of likely N-dealkylation sites (N-methyl/N-ethyl adjacent to an activating group) is 1. The molecule has 0 saturated heterocycles. The molecule has 0 aliphatic rings. The molecule has 0 spiro atoms. The van der Waals surface area contributed by atoms with E-state index < -0.39 is 5.91 Å². The highest BCUT2D eigenvalue weighted by atomic mass is 16.1. The summed E-state index contributed by atoms with van der Waals surface area (Å²) in [6, 6.07) is 14.1. The first kappa shape index (κ1) is 24.6. The van der Waals surface area contributed by atoms with E-state index in [2.05, 4.69) is 36.2 Å². The van der Waals surface area contributed by atoms with Crippen LogP contribution in [0.4, 0.5) is 0 Å². The van der Waals surface area contributed by atoms with Crippen LogP contribution >= 0.6 is 0 Å². The van der Waals surface area contributed by atoms with Crippen LogP contribution in [0.2, 0.25) is 0 Å². The number of nitrogens with two attached hydrogens (primary N) is 1. The Hall–Kier alpha value is -2.66. The summed E-state index contributed by atoms with van der Waals surface area (Å²) in [5.74, 6) is 0.246. The molecule has 3 N–H and O–H groups in total. The molecule has 0 saturated carbocycles. The Labute approximate surface area is 187 Å². The van der Waals surface area contributed by atoms with E-state index in [4.69, 9.17) is 5.73 Å². The molecule has 0 bridgehead atoms. The van der Waals surface area contributed by atoms with Crippen LogP contribution in [0, 0.1) is 19.8 Å². The van der Waals surface area contributed by atoms with Crippen molar-refractivity contribution in [2.45, 2.75) is 52.5 Å². The molecule has 2 rings (SSSR count). The number of hydrogen-bond acceptors (Lipinski definition) is 3. The summed E-state index contributed by atoms with van der Waals surface area (Å²) in [6.45, 7) is 8.91. The minimum absolute atomic E-state index is 0.0759. The van der Waals surface area contributed by atoms with Gasteiger partial charge in [0.1, 0.15) is 0 Å². The predicted molar refractivity (Wildman–Crippen MR) is 127 cm³/mol. The number of carbonyl (C=O) groups excluding carboxylic acids is 2. The normalized spacial score (nSPS) is 13.3. The minimum atomic E-state index is -0.410. The van der Waals surface area contributed by atoms with E-state index in [0.717, 1.165) is 17.5 Å². The summed E-state index contributed by atoms with van der Waals surface area (Å²) in [5.41, 5.74) is 10.5. The van der Waals surface area contributed by atoms with Gasteiger partial charge < -0.3 is 16.0 Å². The van der Waals surface area contributed by atoms with Crippen LogP contribution in [0.15, 0.2) is 42.5 Å². The summed E-state index contributed by atoms with van der Waals surface area (Å²) in [5, 5.41) is 3.15. The van der Waals surface area contributed by atoms with E-state index in [1.165, 1.54) is 11.1 Å². The van der Waals surface area contributed by atoms with E-state index in [1.54, 1.807) is 0 Å². The van der Waals surface area contributed by atoms with Crippen molar-refractivity contribution >= 4 is 11.8 Å². The number of hydrogen-bond donors (Lipinski definition) is 2. The van der Waals surface area contributed by atoms with E-state index in [-0.39, 0.29) is 17.9 Å². The third-order valence-corrected chi connectivity index (χ3v) is 6.12. The third-order valence-electron chi connectivity index (χ3n) is 6.12. The molecule has 0 unspecified atom stereocenters. The van der Waals surface area contributed by atoms with Crippen LogP contribution < -0.4 is 11.1 Å². The van der Waals surface area contributed by atoms with Crippen molar-refractivity contribution in [1.82, 2.24) is 10.2 Å². The van der Waals surface area contributed by atoms with Gasteiger partial charge in [-0.05, 0) is 80.6 Å². The molecule has 5 heteroatoms. The molecule has 0 aliphatic heterocycles. The standard InChI is InChI=1S/C26H37N3O2/c1-17(2)23(20-10-8-7-9-11-20)15-25(30)28-16-22(29(5)6)14-24-18(3)12-21(26(27)31)13-19(24)4/h7-13,17,22-23H,14-16H2,1-6H3,(H2,27,31)(H,28,30)/t22-,23-/m0/s1. The first-order valence-corrected chi connectivity index (χ1v) is 11.0. The average molecular weight is 424 g/mol. The van der Waals surface area contributed by atoms with Crippen molar-refractivity contribution in [2.24, 2.45) is 11.7 Å². The van der Waals surface area contributed by atoms with Crippen molar-refractivity contribution in [3.63, 3.8) is 0 Å². The zero-order valence-corrected chi connectivity index (χ0v) is 19.7.